The van der Waals surface area contributed by atoms with Crippen molar-refractivity contribution >= 4 is 24.7 Å². The molecule has 0 bridgehead atoms. The quantitative estimate of drug-likeness (QED) is 0.284. The Bertz CT molecular complexity index is 1010. The van der Waals surface area contributed by atoms with E-state index in [0.717, 1.165) is 12.8 Å². The molecule has 0 spiro atoms. The van der Waals surface area contributed by atoms with Crippen molar-refractivity contribution in [1.82, 2.24) is 0 Å². The van der Waals surface area contributed by atoms with E-state index in [-0.39, 0.29) is 11.0 Å². The van der Waals surface area contributed by atoms with Crippen molar-refractivity contribution in [2.45, 2.75) is 58.1 Å². The van der Waals surface area contributed by atoms with Gasteiger partial charge in [-0.15, -0.1) is 0 Å². The summed E-state index contributed by atoms with van der Waals surface area (Å²) >= 11 is 0. The summed E-state index contributed by atoms with van der Waals surface area (Å²) in [6.45, 7) is 14.8. The zero-order valence-corrected chi connectivity index (χ0v) is 22.1. The summed E-state index contributed by atoms with van der Waals surface area (Å²) in [6.07, 6.45) is 1.82. The van der Waals surface area contributed by atoms with Gasteiger partial charge in [0.2, 0.25) is 0 Å². The third-order valence-electron chi connectivity index (χ3n) is 6.26. The van der Waals surface area contributed by atoms with Crippen molar-refractivity contribution in [3.63, 3.8) is 0 Å². The Morgan fingerprint density at radius 2 is 1.29 bits per heavy atom. The van der Waals surface area contributed by atoms with Gasteiger partial charge in [-0.25, -0.2) is 4.79 Å². The molecule has 34 heavy (non-hydrogen) atoms. The van der Waals surface area contributed by atoms with Crippen LogP contribution >= 0.6 is 0 Å². The highest BCUT2D eigenvalue weighted by Crippen LogP contribution is 2.42. The van der Waals surface area contributed by atoms with E-state index in [1.54, 1.807) is 0 Å². The van der Waals surface area contributed by atoms with Gasteiger partial charge in [-0.3, -0.25) is 0 Å². The van der Waals surface area contributed by atoms with Crippen LogP contribution in [0.2, 0.25) is 5.04 Å². The Balaban J connectivity index is 1.89. The van der Waals surface area contributed by atoms with Gasteiger partial charge in [0.05, 0.1) is 5.56 Å². The molecule has 3 aromatic rings. The van der Waals surface area contributed by atoms with Crippen LogP contribution in [0.5, 0.6) is 0 Å². The zero-order chi connectivity index (χ0) is 24.8. The standard InChI is InChI=1S/C30H37O3Si/c1-7-32-34(26-14-10-8-11-15-26,27-16-12-9-13-17-27)30(5,6)23-22-24-18-20-25(21-19-24)28(31)33-29(2,3)4/h8-21H,1,7,22-23H2,2-6H3. The molecular formula is C30H37O3Si. The molecule has 0 fully saturated rings. The highest BCUT2D eigenvalue weighted by Gasteiger charge is 2.52. The van der Waals surface area contributed by atoms with Gasteiger partial charge in [0.15, 0.2) is 0 Å². The minimum Gasteiger partial charge on any atom is -0.456 e. The molecule has 0 aliphatic carbocycles. The second-order valence-corrected chi connectivity index (χ2v) is 14.5. The van der Waals surface area contributed by atoms with Crippen molar-refractivity contribution in [2.75, 3.05) is 6.61 Å². The summed E-state index contributed by atoms with van der Waals surface area (Å²) in [6, 6.07) is 29.1. The molecule has 0 saturated carbocycles. The lowest BCUT2D eigenvalue weighted by atomic mass is 10.0. The van der Waals surface area contributed by atoms with Crippen LogP contribution in [0.3, 0.4) is 0 Å². The molecule has 4 heteroatoms. The molecule has 179 valence electrons. The number of carbonyl (C=O) groups is 1. The lowest BCUT2D eigenvalue weighted by molar-refractivity contribution is 0.00695. The van der Waals surface area contributed by atoms with Gasteiger partial charge in [0, 0.05) is 6.61 Å². The van der Waals surface area contributed by atoms with Crippen LogP contribution < -0.4 is 10.4 Å². The monoisotopic (exact) mass is 473 g/mol. The maximum absolute atomic E-state index is 12.4. The van der Waals surface area contributed by atoms with E-state index < -0.39 is 13.9 Å². The number of hydrogen-bond acceptors (Lipinski definition) is 3. The van der Waals surface area contributed by atoms with Crippen LogP contribution in [0.4, 0.5) is 0 Å². The number of esters is 1. The zero-order valence-electron chi connectivity index (χ0n) is 21.1. The Kier molecular flexibility index (Phi) is 8.16. The second-order valence-electron chi connectivity index (χ2n) is 10.3. The lowest BCUT2D eigenvalue weighted by Crippen LogP contribution is -2.67. The molecular weight excluding hydrogens is 436 g/mol. The average molecular weight is 474 g/mol. The molecule has 1 radical (unpaired) electrons. The first-order valence-electron chi connectivity index (χ1n) is 12.0. The van der Waals surface area contributed by atoms with E-state index in [1.165, 1.54) is 15.9 Å². The molecule has 0 heterocycles. The van der Waals surface area contributed by atoms with E-state index in [4.69, 9.17) is 9.16 Å². The van der Waals surface area contributed by atoms with Gasteiger partial charge >= 0.3 is 5.97 Å². The summed E-state index contributed by atoms with van der Waals surface area (Å²) in [5.74, 6) is -0.289. The maximum atomic E-state index is 12.4. The third kappa shape index (κ3) is 5.86. The van der Waals surface area contributed by atoms with E-state index in [2.05, 4.69) is 81.4 Å². The summed E-state index contributed by atoms with van der Waals surface area (Å²) < 4.78 is 12.2. The molecule has 0 unspecified atom stereocenters. The molecule has 0 aliphatic heterocycles. The van der Waals surface area contributed by atoms with Crippen molar-refractivity contribution < 1.29 is 14.0 Å². The van der Waals surface area contributed by atoms with Gasteiger partial charge in [-0.1, -0.05) is 86.6 Å². The van der Waals surface area contributed by atoms with E-state index >= 15 is 0 Å². The van der Waals surface area contributed by atoms with Gasteiger partial charge in [0.25, 0.3) is 8.32 Å². The third-order valence-corrected chi connectivity index (χ3v) is 11.3. The summed E-state index contributed by atoms with van der Waals surface area (Å²) in [7, 11) is -2.62. The minimum absolute atomic E-state index is 0.114. The van der Waals surface area contributed by atoms with Gasteiger partial charge in [0.1, 0.15) is 5.60 Å². The fourth-order valence-electron chi connectivity index (χ4n) is 4.59. The molecule has 3 aromatic carbocycles. The predicted molar refractivity (Wildman–Crippen MR) is 143 cm³/mol. The number of ether oxygens (including phenoxy) is 1. The second kappa shape index (κ2) is 10.7. The molecule has 3 nitrogen and oxygen atoms in total. The van der Waals surface area contributed by atoms with Crippen molar-refractivity contribution in [3.05, 3.63) is 103 Å². The number of carbonyl (C=O) groups excluding carboxylic acids is 1. The average Bonchev–Trinajstić information content (AvgIpc) is 2.81. The number of hydrogen-bond donors (Lipinski definition) is 0. The van der Waals surface area contributed by atoms with Gasteiger partial charge in [-0.05, 0) is 73.6 Å². The summed E-state index contributed by atoms with van der Waals surface area (Å²) in [5.41, 5.74) is 1.27. The predicted octanol–water partition coefficient (Wildman–Crippen LogP) is 5.97. The number of aryl methyl sites for hydroxylation is 1. The number of rotatable bonds is 9. The van der Waals surface area contributed by atoms with Crippen LogP contribution in [0.25, 0.3) is 0 Å². The molecule has 0 amide bonds. The highest BCUT2D eigenvalue weighted by atomic mass is 28.4. The van der Waals surface area contributed by atoms with Crippen LogP contribution in [0.1, 0.15) is 57.0 Å². The normalized spacial score (nSPS) is 12.4. The first-order chi connectivity index (χ1) is 16.1. The Hall–Kier alpha value is -2.69. The lowest BCUT2D eigenvalue weighted by Gasteiger charge is -2.45. The van der Waals surface area contributed by atoms with Crippen LogP contribution in [0.15, 0.2) is 84.9 Å². The largest absolute Gasteiger partial charge is 0.456 e. The van der Waals surface area contributed by atoms with Crippen LogP contribution in [-0.4, -0.2) is 26.5 Å². The van der Waals surface area contributed by atoms with E-state index in [1.807, 2.05) is 45.0 Å². The molecule has 3 rings (SSSR count). The van der Waals surface area contributed by atoms with Crippen molar-refractivity contribution in [2.24, 2.45) is 0 Å². The van der Waals surface area contributed by atoms with Crippen molar-refractivity contribution in [3.8, 4) is 0 Å². The summed E-state index contributed by atoms with van der Waals surface area (Å²) in [4.78, 5) is 12.4. The topological polar surface area (TPSA) is 35.5 Å². The van der Waals surface area contributed by atoms with Crippen LogP contribution in [-0.2, 0) is 15.6 Å². The molecule has 0 saturated heterocycles. The highest BCUT2D eigenvalue weighted by molar-refractivity contribution is 6.99. The van der Waals surface area contributed by atoms with Crippen LogP contribution in [0, 0.1) is 6.92 Å². The first kappa shape index (κ1) is 25.9. The Labute approximate surface area is 206 Å². The molecule has 0 N–H and O–H groups in total. The first-order valence-corrected chi connectivity index (χ1v) is 13.9. The fraction of sp³-hybridized carbons (Fsp3) is 0.333. The molecule has 0 aliphatic rings. The Morgan fingerprint density at radius 3 is 1.74 bits per heavy atom. The van der Waals surface area contributed by atoms with E-state index in [9.17, 15) is 4.79 Å². The molecule has 0 atom stereocenters. The summed E-state index contributed by atoms with van der Waals surface area (Å²) in [5, 5.41) is 2.40. The smallest absolute Gasteiger partial charge is 0.338 e. The van der Waals surface area contributed by atoms with Crippen molar-refractivity contribution in [1.29, 1.82) is 0 Å². The minimum atomic E-state index is -2.62. The number of benzene rings is 3. The van der Waals surface area contributed by atoms with Gasteiger partial charge < -0.3 is 9.16 Å². The maximum Gasteiger partial charge on any atom is 0.338 e. The SMILES string of the molecule is [CH2]CO[Si](c1ccccc1)(c1ccccc1)C(C)(C)CCc1ccc(C(=O)OC(C)(C)C)cc1. The molecule has 0 aromatic heterocycles. The Morgan fingerprint density at radius 1 is 0.794 bits per heavy atom. The fourth-order valence-corrected chi connectivity index (χ4v) is 9.31. The van der Waals surface area contributed by atoms with E-state index in [0.29, 0.717) is 12.2 Å². The van der Waals surface area contributed by atoms with Gasteiger partial charge in [-0.2, -0.15) is 0 Å².